The first-order chi connectivity index (χ1) is 11.3. The van der Waals surface area contributed by atoms with Crippen LogP contribution in [0, 0.1) is 0 Å². The lowest BCUT2D eigenvalue weighted by Crippen LogP contribution is -2.23. The van der Waals surface area contributed by atoms with Crippen molar-refractivity contribution in [1.82, 2.24) is 0 Å². The van der Waals surface area contributed by atoms with Crippen molar-refractivity contribution in [2.24, 2.45) is 0 Å². The highest BCUT2D eigenvalue weighted by atomic mass is 15.1. The Kier molecular flexibility index (Phi) is 3.47. The number of likely N-dealkylation sites (N-methyl/N-ethyl adjacent to an activating group) is 1. The summed E-state index contributed by atoms with van der Waals surface area (Å²) in [5.74, 6) is 0. The number of benzene rings is 3. The summed E-state index contributed by atoms with van der Waals surface area (Å²) in [6.45, 7) is 0.946. The zero-order valence-electron chi connectivity index (χ0n) is 13.2. The van der Waals surface area contributed by atoms with Gasteiger partial charge in [-0.05, 0) is 46.0 Å². The summed E-state index contributed by atoms with van der Waals surface area (Å²) in [6, 6.07) is 28.0. The quantitative estimate of drug-likeness (QED) is 0.617. The summed E-state index contributed by atoms with van der Waals surface area (Å²) in [5.41, 5.74) is 7.78. The fourth-order valence-corrected chi connectivity index (χ4v) is 3.23. The molecule has 0 atom stereocenters. The molecular weight excluding hydrogens is 278 g/mol. The molecule has 1 aliphatic rings. The second-order valence-electron chi connectivity index (χ2n) is 6.03. The molecule has 23 heavy (non-hydrogen) atoms. The van der Waals surface area contributed by atoms with E-state index in [1.807, 2.05) is 0 Å². The third-order valence-electron chi connectivity index (χ3n) is 4.43. The highest BCUT2D eigenvalue weighted by molar-refractivity contribution is 5.92. The minimum Gasteiger partial charge on any atom is -0.370 e. The Labute approximate surface area is 137 Å². The van der Waals surface area contributed by atoms with Crippen LogP contribution in [0.25, 0.3) is 22.8 Å². The molecule has 0 saturated carbocycles. The van der Waals surface area contributed by atoms with Crippen molar-refractivity contribution < 1.29 is 0 Å². The van der Waals surface area contributed by atoms with E-state index < -0.39 is 0 Å². The Balaban J connectivity index is 1.80. The molecule has 0 bridgehead atoms. The van der Waals surface area contributed by atoms with Gasteiger partial charge in [-0.25, -0.2) is 0 Å². The topological polar surface area (TPSA) is 3.24 Å². The van der Waals surface area contributed by atoms with Crippen molar-refractivity contribution in [2.75, 3.05) is 18.5 Å². The molecule has 3 aromatic rings. The van der Waals surface area contributed by atoms with Gasteiger partial charge in [0.15, 0.2) is 0 Å². The van der Waals surface area contributed by atoms with E-state index in [0.29, 0.717) is 0 Å². The molecule has 0 radical (unpaired) electrons. The van der Waals surface area contributed by atoms with Crippen molar-refractivity contribution >= 4 is 17.3 Å². The Morgan fingerprint density at radius 3 is 2.04 bits per heavy atom. The molecular formula is C22H19N. The molecule has 0 amide bonds. The molecule has 0 N–H and O–H groups in total. The van der Waals surface area contributed by atoms with Crippen molar-refractivity contribution in [3.8, 4) is 11.1 Å². The van der Waals surface area contributed by atoms with E-state index in [0.717, 1.165) is 6.54 Å². The van der Waals surface area contributed by atoms with E-state index in [4.69, 9.17) is 0 Å². The first kappa shape index (κ1) is 13.8. The standard InChI is InChI=1S/C22H19N/c1-23-16-21(18-10-6-3-7-11-18)15-20-14-19(12-13-22(20)23)17-8-4-2-5-9-17/h2-15H,16H2,1H3. The largest absolute Gasteiger partial charge is 0.370 e. The van der Waals surface area contributed by atoms with E-state index in [1.54, 1.807) is 0 Å². The third-order valence-corrected chi connectivity index (χ3v) is 4.43. The molecule has 0 unspecified atom stereocenters. The van der Waals surface area contributed by atoms with E-state index >= 15 is 0 Å². The maximum Gasteiger partial charge on any atom is 0.0440 e. The highest BCUT2D eigenvalue weighted by Crippen LogP contribution is 2.34. The molecule has 1 heteroatoms. The minimum absolute atomic E-state index is 0.946. The number of nitrogens with zero attached hydrogens (tertiary/aromatic N) is 1. The van der Waals surface area contributed by atoms with E-state index in [9.17, 15) is 0 Å². The van der Waals surface area contributed by atoms with Crippen LogP contribution < -0.4 is 4.90 Å². The summed E-state index contributed by atoms with van der Waals surface area (Å²) in [6.07, 6.45) is 2.33. The lowest BCUT2D eigenvalue weighted by Gasteiger charge is -2.28. The SMILES string of the molecule is CN1CC(c2ccccc2)=Cc2cc(-c3ccccc3)ccc21. The van der Waals surface area contributed by atoms with E-state index in [1.165, 1.54) is 33.5 Å². The molecule has 0 aliphatic carbocycles. The van der Waals surface area contributed by atoms with Crippen LogP contribution in [0.3, 0.4) is 0 Å². The van der Waals surface area contributed by atoms with Crippen LogP contribution in [0.15, 0.2) is 78.9 Å². The predicted octanol–water partition coefficient (Wildman–Crippen LogP) is 5.34. The van der Waals surface area contributed by atoms with Crippen LogP contribution in [0.4, 0.5) is 5.69 Å². The number of anilines is 1. The first-order valence-electron chi connectivity index (χ1n) is 7.98. The van der Waals surface area contributed by atoms with Gasteiger partial charge < -0.3 is 4.90 Å². The fraction of sp³-hybridized carbons (Fsp3) is 0.0909. The van der Waals surface area contributed by atoms with Gasteiger partial charge in [-0.15, -0.1) is 0 Å². The molecule has 0 saturated heterocycles. The monoisotopic (exact) mass is 297 g/mol. The molecule has 1 nitrogen and oxygen atoms in total. The van der Waals surface area contributed by atoms with Crippen LogP contribution in [0.1, 0.15) is 11.1 Å². The normalized spacial score (nSPS) is 13.4. The molecule has 0 aromatic heterocycles. The van der Waals surface area contributed by atoms with Gasteiger partial charge >= 0.3 is 0 Å². The van der Waals surface area contributed by atoms with Gasteiger partial charge in [0.1, 0.15) is 0 Å². The van der Waals surface area contributed by atoms with Gasteiger partial charge in [-0.1, -0.05) is 66.7 Å². The summed E-state index contributed by atoms with van der Waals surface area (Å²) < 4.78 is 0. The molecule has 0 spiro atoms. The zero-order valence-corrected chi connectivity index (χ0v) is 13.2. The van der Waals surface area contributed by atoms with Crippen LogP contribution >= 0.6 is 0 Å². The number of rotatable bonds is 2. The second-order valence-corrected chi connectivity index (χ2v) is 6.03. The smallest absolute Gasteiger partial charge is 0.0440 e. The Morgan fingerprint density at radius 1 is 0.696 bits per heavy atom. The maximum atomic E-state index is 2.33. The number of hydrogen-bond acceptors (Lipinski definition) is 1. The number of fused-ring (bicyclic) bond motifs is 1. The van der Waals surface area contributed by atoms with Gasteiger partial charge in [0.25, 0.3) is 0 Å². The fourth-order valence-electron chi connectivity index (χ4n) is 3.23. The third kappa shape index (κ3) is 2.66. The first-order valence-corrected chi connectivity index (χ1v) is 7.98. The molecule has 112 valence electrons. The van der Waals surface area contributed by atoms with Crippen molar-refractivity contribution in [3.05, 3.63) is 90.0 Å². The summed E-state index contributed by atoms with van der Waals surface area (Å²) in [4.78, 5) is 2.33. The summed E-state index contributed by atoms with van der Waals surface area (Å²) in [5, 5.41) is 0. The van der Waals surface area contributed by atoms with Crippen LogP contribution in [0.2, 0.25) is 0 Å². The van der Waals surface area contributed by atoms with Crippen LogP contribution in [-0.2, 0) is 0 Å². The van der Waals surface area contributed by atoms with Gasteiger partial charge in [0.05, 0.1) is 0 Å². The van der Waals surface area contributed by atoms with E-state index in [2.05, 4.69) is 96.9 Å². The zero-order chi connectivity index (χ0) is 15.6. The van der Waals surface area contributed by atoms with Gasteiger partial charge in [0.2, 0.25) is 0 Å². The van der Waals surface area contributed by atoms with Crippen molar-refractivity contribution in [2.45, 2.75) is 0 Å². The van der Waals surface area contributed by atoms with Crippen LogP contribution in [0.5, 0.6) is 0 Å². The lowest BCUT2D eigenvalue weighted by molar-refractivity contribution is 1.03. The Bertz CT molecular complexity index is 848. The van der Waals surface area contributed by atoms with Gasteiger partial charge in [0, 0.05) is 19.3 Å². The summed E-state index contributed by atoms with van der Waals surface area (Å²) in [7, 11) is 2.16. The minimum atomic E-state index is 0.946. The van der Waals surface area contributed by atoms with Crippen molar-refractivity contribution in [1.29, 1.82) is 0 Å². The molecule has 0 fully saturated rings. The van der Waals surface area contributed by atoms with E-state index in [-0.39, 0.29) is 0 Å². The highest BCUT2D eigenvalue weighted by Gasteiger charge is 2.16. The van der Waals surface area contributed by atoms with Crippen molar-refractivity contribution in [3.63, 3.8) is 0 Å². The molecule has 4 rings (SSSR count). The Hall–Kier alpha value is -2.80. The van der Waals surface area contributed by atoms with Gasteiger partial charge in [-0.3, -0.25) is 0 Å². The Morgan fingerprint density at radius 2 is 1.35 bits per heavy atom. The predicted molar refractivity (Wildman–Crippen MR) is 99.5 cm³/mol. The number of hydrogen-bond donors (Lipinski definition) is 0. The lowest BCUT2D eigenvalue weighted by atomic mass is 9.94. The van der Waals surface area contributed by atoms with Gasteiger partial charge in [-0.2, -0.15) is 0 Å². The molecule has 1 heterocycles. The van der Waals surface area contributed by atoms with Crippen LogP contribution in [-0.4, -0.2) is 13.6 Å². The molecule has 3 aromatic carbocycles. The average molecular weight is 297 g/mol. The summed E-state index contributed by atoms with van der Waals surface area (Å²) >= 11 is 0. The average Bonchev–Trinajstić information content (AvgIpc) is 2.63. The second kappa shape index (κ2) is 5.77. The maximum absolute atomic E-state index is 2.33. The molecule has 1 aliphatic heterocycles.